The fourth-order valence-electron chi connectivity index (χ4n) is 2.95. The monoisotopic (exact) mass is 355 g/mol. The molecule has 0 bridgehead atoms. The molecule has 2 aromatic carbocycles. The number of hydrogen-bond donors (Lipinski definition) is 1. The Kier molecular flexibility index (Phi) is 3.76. The minimum atomic E-state index is -3.10. The number of H-pyrrole nitrogens is 1. The molecule has 1 N–H and O–H groups in total. The van der Waals surface area contributed by atoms with Crippen molar-refractivity contribution in [1.29, 1.82) is 0 Å². The van der Waals surface area contributed by atoms with Gasteiger partial charge in [-0.3, -0.25) is 0 Å². The summed E-state index contributed by atoms with van der Waals surface area (Å²) in [7, 11) is -3.10. The summed E-state index contributed by atoms with van der Waals surface area (Å²) >= 11 is 0. The second-order valence-electron chi connectivity index (χ2n) is 6.10. The van der Waals surface area contributed by atoms with Crippen LogP contribution in [0.15, 0.2) is 48.5 Å². The van der Waals surface area contributed by atoms with E-state index in [0.717, 1.165) is 22.1 Å². The fourth-order valence-corrected chi connectivity index (χ4v) is 3.60. The Balaban J connectivity index is 1.83. The van der Waals surface area contributed by atoms with Crippen LogP contribution in [-0.2, 0) is 9.84 Å². The van der Waals surface area contributed by atoms with E-state index in [1.54, 1.807) is 4.68 Å². The summed E-state index contributed by atoms with van der Waals surface area (Å²) in [6, 6.07) is 15.0. The quantitative estimate of drug-likeness (QED) is 0.593. The molecule has 4 rings (SSSR count). The largest absolute Gasteiger partial charge is 0.340 e. The average molecular weight is 355 g/mol. The van der Waals surface area contributed by atoms with Crippen LogP contribution in [0.5, 0.6) is 0 Å². The van der Waals surface area contributed by atoms with Gasteiger partial charge in [-0.1, -0.05) is 29.5 Å². The van der Waals surface area contributed by atoms with Gasteiger partial charge in [0, 0.05) is 6.26 Å². The highest BCUT2D eigenvalue weighted by molar-refractivity contribution is 7.90. The molecule has 1 unspecified atom stereocenters. The predicted molar refractivity (Wildman–Crippen MR) is 96.1 cm³/mol. The zero-order valence-electron chi connectivity index (χ0n) is 13.6. The highest BCUT2D eigenvalue weighted by atomic mass is 32.2. The fraction of sp³-hybridized carbons (Fsp3) is 0.235. The molecule has 7 nitrogen and oxygen atoms in total. The number of nitrogens with one attached hydrogen (secondary N) is 1. The van der Waals surface area contributed by atoms with E-state index < -0.39 is 9.84 Å². The van der Waals surface area contributed by atoms with E-state index in [1.807, 2.05) is 48.5 Å². The average Bonchev–Trinajstić information content (AvgIpc) is 3.18. The molecule has 0 aliphatic heterocycles. The third-order valence-corrected chi connectivity index (χ3v) is 5.14. The minimum absolute atomic E-state index is 0.0445. The number of benzene rings is 2. The van der Waals surface area contributed by atoms with Gasteiger partial charge in [0.2, 0.25) is 0 Å². The summed E-state index contributed by atoms with van der Waals surface area (Å²) in [5.74, 6) is 0.726. The number of aromatic nitrogens is 5. The van der Waals surface area contributed by atoms with Crippen LogP contribution in [0, 0.1) is 0 Å². The van der Waals surface area contributed by atoms with Gasteiger partial charge in [-0.25, -0.2) is 18.1 Å². The Hall–Kier alpha value is -2.74. The van der Waals surface area contributed by atoms with E-state index in [9.17, 15) is 8.42 Å². The maximum Gasteiger partial charge on any atom is 0.147 e. The second kappa shape index (κ2) is 5.96. The molecule has 0 radical (unpaired) electrons. The molecular weight excluding hydrogens is 338 g/mol. The van der Waals surface area contributed by atoms with Crippen molar-refractivity contribution in [3.8, 4) is 0 Å². The van der Waals surface area contributed by atoms with Crippen LogP contribution in [-0.4, -0.2) is 45.4 Å². The van der Waals surface area contributed by atoms with Crippen molar-refractivity contribution in [2.24, 2.45) is 0 Å². The number of nitrogens with zero attached hydrogens (tertiary/aromatic N) is 4. The van der Waals surface area contributed by atoms with Crippen molar-refractivity contribution in [1.82, 2.24) is 25.0 Å². The summed E-state index contributed by atoms with van der Waals surface area (Å²) in [5, 5.41) is 8.44. The van der Waals surface area contributed by atoms with Crippen LogP contribution in [0.1, 0.15) is 18.3 Å². The van der Waals surface area contributed by atoms with Crippen LogP contribution < -0.4 is 0 Å². The van der Waals surface area contributed by atoms with Crippen molar-refractivity contribution in [2.45, 2.75) is 12.5 Å². The number of fused-ring (bicyclic) bond motifs is 2. The molecule has 0 aliphatic rings. The van der Waals surface area contributed by atoms with Gasteiger partial charge in [-0.2, -0.15) is 0 Å². The van der Waals surface area contributed by atoms with E-state index in [2.05, 4.69) is 20.3 Å². The number of hydrogen-bond acceptors (Lipinski definition) is 5. The molecule has 0 saturated carbocycles. The van der Waals surface area contributed by atoms with Crippen molar-refractivity contribution >= 4 is 31.9 Å². The lowest BCUT2D eigenvalue weighted by Gasteiger charge is -2.15. The van der Waals surface area contributed by atoms with E-state index in [4.69, 9.17) is 0 Å². The number of imidazole rings is 1. The first-order chi connectivity index (χ1) is 12.0. The number of rotatable bonds is 5. The summed E-state index contributed by atoms with van der Waals surface area (Å²) < 4.78 is 25.1. The molecule has 4 aromatic rings. The lowest BCUT2D eigenvalue weighted by molar-refractivity contribution is 0.486. The lowest BCUT2D eigenvalue weighted by atomic mass is 10.2. The molecular formula is C17H17N5O2S. The molecule has 25 heavy (non-hydrogen) atoms. The van der Waals surface area contributed by atoms with Crippen molar-refractivity contribution < 1.29 is 8.42 Å². The van der Waals surface area contributed by atoms with Gasteiger partial charge in [0.25, 0.3) is 0 Å². The first kappa shape index (κ1) is 15.8. The first-order valence-electron chi connectivity index (χ1n) is 7.93. The molecule has 8 heteroatoms. The van der Waals surface area contributed by atoms with Gasteiger partial charge < -0.3 is 4.98 Å². The van der Waals surface area contributed by atoms with Gasteiger partial charge >= 0.3 is 0 Å². The SMILES string of the molecule is CS(=O)(=O)CCC(c1nc2ccccc2[nH]1)n1nnc2ccccc21. The highest BCUT2D eigenvalue weighted by Crippen LogP contribution is 2.25. The molecule has 128 valence electrons. The third kappa shape index (κ3) is 3.12. The van der Waals surface area contributed by atoms with Crippen LogP contribution in [0.3, 0.4) is 0 Å². The molecule has 0 aliphatic carbocycles. The van der Waals surface area contributed by atoms with E-state index in [0.29, 0.717) is 12.2 Å². The standard InChI is InChI=1S/C17H17N5O2S/c1-25(23,24)11-10-16(17-18-12-6-2-3-7-13(12)19-17)22-15-9-5-4-8-14(15)20-21-22/h2-9,16H,10-11H2,1H3,(H,18,19). The van der Waals surface area contributed by atoms with E-state index in [1.165, 1.54) is 6.26 Å². The number of sulfone groups is 1. The number of aromatic amines is 1. The topological polar surface area (TPSA) is 93.5 Å². The Morgan fingerprint density at radius 2 is 1.80 bits per heavy atom. The Labute approximate surface area is 144 Å². The highest BCUT2D eigenvalue weighted by Gasteiger charge is 2.23. The Morgan fingerprint density at radius 3 is 2.56 bits per heavy atom. The summed E-state index contributed by atoms with van der Waals surface area (Å²) in [6.45, 7) is 0. The van der Waals surface area contributed by atoms with Crippen LogP contribution >= 0.6 is 0 Å². The molecule has 0 spiro atoms. The van der Waals surface area contributed by atoms with Crippen molar-refractivity contribution in [3.63, 3.8) is 0 Å². The first-order valence-corrected chi connectivity index (χ1v) is 10.00. The maximum atomic E-state index is 11.7. The molecule has 2 aromatic heterocycles. The van der Waals surface area contributed by atoms with Crippen LogP contribution in [0.4, 0.5) is 0 Å². The van der Waals surface area contributed by atoms with E-state index in [-0.39, 0.29) is 11.8 Å². The van der Waals surface area contributed by atoms with Gasteiger partial charge in [0.15, 0.2) is 0 Å². The smallest absolute Gasteiger partial charge is 0.147 e. The zero-order valence-corrected chi connectivity index (χ0v) is 14.4. The molecule has 0 amide bonds. The summed E-state index contributed by atoms with van der Waals surface area (Å²) in [5.41, 5.74) is 3.36. The van der Waals surface area contributed by atoms with Gasteiger partial charge in [0.1, 0.15) is 27.2 Å². The van der Waals surface area contributed by atoms with Gasteiger partial charge in [-0.05, 0) is 30.7 Å². The Morgan fingerprint density at radius 1 is 1.08 bits per heavy atom. The minimum Gasteiger partial charge on any atom is -0.340 e. The maximum absolute atomic E-state index is 11.7. The van der Waals surface area contributed by atoms with Crippen molar-refractivity contribution in [3.05, 3.63) is 54.4 Å². The summed E-state index contributed by atoms with van der Waals surface area (Å²) in [6.07, 6.45) is 1.61. The molecule has 0 fully saturated rings. The lowest BCUT2D eigenvalue weighted by Crippen LogP contribution is -2.18. The van der Waals surface area contributed by atoms with Crippen molar-refractivity contribution in [2.75, 3.05) is 12.0 Å². The summed E-state index contributed by atoms with van der Waals surface area (Å²) in [4.78, 5) is 7.93. The number of para-hydroxylation sites is 3. The Bertz CT molecular complexity index is 1110. The normalized spacial score (nSPS) is 13.5. The zero-order chi connectivity index (χ0) is 17.4. The van der Waals surface area contributed by atoms with Gasteiger partial charge in [0.05, 0.1) is 22.3 Å². The molecule has 2 heterocycles. The molecule has 0 saturated heterocycles. The van der Waals surface area contributed by atoms with Crippen LogP contribution in [0.25, 0.3) is 22.1 Å². The van der Waals surface area contributed by atoms with Gasteiger partial charge in [-0.15, -0.1) is 5.10 Å². The van der Waals surface area contributed by atoms with Crippen LogP contribution in [0.2, 0.25) is 0 Å². The second-order valence-corrected chi connectivity index (χ2v) is 8.36. The molecule has 1 atom stereocenters. The third-order valence-electron chi connectivity index (χ3n) is 4.16. The predicted octanol–water partition coefficient (Wildman–Crippen LogP) is 2.33. The van der Waals surface area contributed by atoms with E-state index >= 15 is 0 Å².